The second-order valence-corrected chi connectivity index (χ2v) is 5.92. The highest BCUT2D eigenvalue weighted by atomic mass is 15.3. The van der Waals surface area contributed by atoms with Crippen molar-refractivity contribution in [3.63, 3.8) is 0 Å². The summed E-state index contributed by atoms with van der Waals surface area (Å²) in [6, 6.07) is 9.20. The van der Waals surface area contributed by atoms with E-state index in [0.717, 1.165) is 13.0 Å². The summed E-state index contributed by atoms with van der Waals surface area (Å²) < 4.78 is 2.00. The summed E-state index contributed by atoms with van der Waals surface area (Å²) in [5, 5.41) is 9.68. The lowest BCUT2D eigenvalue weighted by Gasteiger charge is -2.17. The molecule has 0 aliphatic carbocycles. The monoisotopic (exact) mass is 287 g/mol. The maximum Gasteiger partial charge on any atom is 0.0703 e. The Kier molecular flexibility index (Phi) is 6.24. The topological polar surface area (TPSA) is 29.9 Å². The summed E-state index contributed by atoms with van der Waals surface area (Å²) in [6.45, 7) is 5.64. The van der Waals surface area contributed by atoms with Gasteiger partial charge in [0, 0.05) is 18.5 Å². The van der Waals surface area contributed by atoms with Crippen LogP contribution in [-0.2, 0) is 13.5 Å². The number of nitrogens with one attached hydrogen (secondary N) is 1. The molecule has 0 amide bonds. The average Bonchev–Trinajstić information content (AvgIpc) is 2.82. The molecule has 0 bridgehead atoms. The minimum Gasteiger partial charge on any atom is -0.314 e. The molecule has 0 saturated carbocycles. The molecule has 1 heterocycles. The van der Waals surface area contributed by atoms with Gasteiger partial charge in [-0.15, -0.1) is 0 Å². The van der Waals surface area contributed by atoms with Crippen molar-refractivity contribution < 1.29 is 0 Å². The molecule has 0 radical (unpaired) electrons. The molecule has 2 aromatic rings. The van der Waals surface area contributed by atoms with Crippen LogP contribution in [0.25, 0.3) is 10.9 Å². The first-order valence-corrected chi connectivity index (χ1v) is 8.40. The van der Waals surface area contributed by atoms with Crippen LogP contribution in [0.2, 0.25) is 0 Å². The molecule has 21 heavy (non-hydrogen) atoms. The predicted molar refractivity (Wildman–Crippen MR) is 90.6 cm³/mol. The van der Waals surface area contributed by atoms with Crippen LogP contribution in [0, 0.1) is 0 Å². The molecular weight excluding hydrogens is 258 g/mol. The Morgan fingerprint density at radius 2 is 1.95 bits per heavy atom. The van der Waals surface area contributed by atoms with Gasteiger partial charge in [-0.3, -0.25) is 4.68 Å². The van der Waals surface area contributed by atoms with Gasteiger partial charge < -0.3 is 5.32 Å². The highest BCUT2D eigenvalue weighted by Crippen LogP contribution is 2.19. The van der Waals surface area contributed by atoms with Crippen molar-refractivity contribution >= 4 is 10.9 Å². The van der Waals surface area contributed by atoms with Gasteiger partial charge in [0.15, 0.2) is 0 Å². The largest absolute Gasteiger partial charge is 0.314 e. The van der Waals surface area contributed by atoms with Crippen molar-refractivity contribution in [3.8, 4) is 0 Å². The molecule has 3 heteroatoms. The van der Waals surface area contributed by atoms with Crippen molar-refractivity contribution in [2.75, 3.05) is 6.54 Å². The zero-order valence-electron chi connectivity index (χ0n) is 13.7. The summed E-state index contributed by atoms with van der Waals surface area (Å²) in [7, 11) is 2.04. The maximum absolute atomic E-state index is 4.69. The smallest absolute Gasteiger partial charge is 0.0703 e. The fourth-order valence-electron chi connectivity index (χ4n) is 3.03. The van der Waals surface area contributed by atoms with Gasteiger partial charge in [-0.05, 0) is 44.7 Å². The number of hydrogen-bond donors (Lipinski definition) is 1. The fourth-order valence-corrected chi connectivity index (χ4v) is 3.03. The normalized spacial score (nSPS) is 12.9. The molecule has 116 valence electrons. The van der Waals surface area contributed by atoms with Gasteiger partial charge in [0.2, 0.25) is 0 Å². The maximum atomic E-state index is 4.69. The number of hydrogen-bond acceptors (Lipinski definition) is 2. The van der Waals surface area contributed by atoms with Crippen molar-refractivity contribution in [2.45, 2.75) is 58.4 Å². The molecule has 0 spiro atoms. The van der Waals surface area contributed by atoms with Gasteiger partial charge in [0.25, 0.3) is 0 Å². The molecule has 1 aromatic heterocycles. The Hall–Kier alpha value is -1.35. The van der Waals surface area contributed by atoms with E-state index in [2.05, 4.69) is 43.4 Å². The zero-order chi connectivity index (χ0) is 15.1. The van der Waals surface area contributed by atoms with Gasteiger partial charge in [-0.1, -0.05) is 38.5 Å². The van der Waals surface area contributed by atoms with Gasteiger partial charge in [0.05, 0.1) is 11.2 Å². The van der Waals surface area contributed by atoms with Crippen molar-refractivity contribution in [1.82, 2.24) is 15.1 Å². The third-order valence-electron chi connectivity index (χ3n) is 4.12. The Morgan fingerprint density at radius 3 is 2.71 bits per heavy atom. The zero-order valence-corrected chi connectivity index (χ0v) is 13.7. The van der Waals surface area contributed by atoms with Gasteiger partial charge in [-0.2, -0.15) is 5.10 Å². The van der Waals surface area contributed by atoms with Crippen LogP contribution in [-0.4, -0.2) is 22.4 Å². The Balaban J connectivity index is 1.92. The van der Waals surface area contributed by atoms with Crippen LogP contribution >= 0.6 is 0 Å². The minimum absolute atomic E-state index is 0.671. The summed E-state index contributed by atoms with van der Waals surface area (Å²) in [4.78, 5) is 0. The van der Waals surface area contributed by atoms with Crippen LogP contribution < -0.4 is 5.32 Å². The summed E-state index contributed by atoms with van der Waals surface area (Å²) in [5.74, 6) is 0. The Bertz CT molecular complexity index is 544. The number of benzene rings is 1. The van der Waals surface area contributed by atoms with Crippen LogP contribution in [0.4, 0.5) is 0 Å². The first kappa shape index (κ1) is 16.0. The lowest BCUT2D eigenvalue weighted by atomic mass is 10.0. The molecule has 3 nitrogen and oxygen atoms in total. The third-order valence-corrected chi connectivity index (χ3v) is 4.12. The second kappa shape index (κ2) is 8.18. The average molecular weight is 287 g/mol. The number of aryl methyl sites for hydroxylation is 2. The molecule has 2 rings (SSSR count). The number of nitrogens with zero attached hydrogens (tertiary/aromatic N) is 2. The molecule has 1 aromatic carbocycles. The van der Waals surface area contributed by atoms with E-state index >= 15 is 0 Å². The first-order chi connectivity index (χ1) is 10.3. The molecule has 0 aliphatic rings. The predicted octanol–water partition coefficient (Wildman–Crippen LogP) is 4.06. The lowest BCUT2D eigenvalue weighted by Crippen LogP contribution is -2.29. The summed E-state index contributed by atoms with van der Waals surface area (Å²) in [6.07, 6.45) is 7.29. The van der Waals surface area contributed by atoms with E-state index in [9.17, 15) is 0 Å². The minimum atomic E-state index is 0.671. The molecular formula is C18H29N3. The molecule has 1 N–H and O–H groups in total. The lowest BCUT2D eigenvalue weighted by molar-refractivity contribution is 0.437. The van der Waals surface area contributed by atoms with Gasteiger partial charge in [0.1, 0.15) is 0 Å². The number of fused-ring (bicyclic) bond motifs is 1. The SMILES string of the molecule is CCCNC(CCC)CCCc1nn(C)c2ccccc12. The quantitative estimate of drug-likeness (QED) is 0.753. The summed E-state index contributed by atoms with van der Waals surface area (Å²) >= 11 is 0. The fraction of sp³-hybridized carbons (Fsp3) is 0.611. The van der Waals surface area contributed by atoms with Crippen molar-refractivity contribution in [2.24, 2.45) is 7.05 Å². The first-order valence-electron chi connectivity index (χ1n) is 8.40. The van der Waals surface area contributed by atoms with Crippen molar-refractivity contribution in [3.05, 3.63) is 30.0 Å². The van der Waals surface area contributed by atoms with Gasteiger partial charge >= 0.3 is 0 Å². The molecule has 1 unspecified atom stereocenters. The van der Waals surface area contributed by atoms with Crippen LogP contribution in [0.1, 0.15) is 51.6 Å². The molecule has 0 aliphatic heterocycles. The van der Waals surface area contributed by atoms with E-state index in [1.165, 1.54) is 48.7 Å². The third kappa shape index (κ3) is 4.31. The highest BCUT2D eigenvalue weighted by molar-refractivity contribution is 5.81. The highest BCUT2D eigenvalue weighted by Gasteiger charge is 2.10. The van der Waals surface area contributed by atoms with E-state index < -0.39 is 0 Å². The molecule has 1 atom stereocenters. The summed E-state index contributed by atoms with van der Waals surface area (Å²) in [5.41, 5.74) is 2.49. The number of para-hydroxylation sites is 1. The van der Waals surface area contributed by atoms with Crippen LogP contribution in [0.5, 0.6) is 0 Å². The molecule has 0 saturated heterocycles. The van der Waals surface area contributed by atoms with Gasteiger partial charge in [-0.25, -0.2) is 0 Å². The van der Waals surface area contributed by atoms with E-state index in [1.54, 1.807) is 0 Å². The Labute approximate surface area is 128 Å². The van der Waals surface area contributed by atoms with Crippen LogP contribution in [0.15, 0.2) is 24.3 Å². The number of aromatic nitrogens is 2. The van der Waals surface area contributed by atoms with Crippen molar-refractivity contribution in [1.29, 1.82) is 0 Å². The van der Waals surface area contributed by atoms with E-state index in [1.807, 2.05) is 11.7 Å². The molecule has 0 fully saturated rings. The standard InChI is InChI=1S/C18H29N3/c1-4-9-15(19-14-5-2)10-8-12-17-16-11-6-7-13-18(16)21(3)20-17/h6-7,11,13,15,19H,4-5,8-10,12,14H2,1-3H3. The van der Waals surface area contributed by atoms with E-state index in [-0.39, 0.29) is 0 Å². The van der Waals surface area contributed by atoms with E-state index in [0.29, 0.717) is 6.04 Å². The van der Waals surface area contributed by atoms with E-state index in [4.69, 9.17) is 5.10 Å². The Morgan fingerprint density at radius 1 is 1.14 bits per heavy atom. The second-order valence-electron chi connectivity index (χ2n) is 5.92. The number of rotatable bonds is 9. The van der Waals surface area contributed by atoms with Crippen LogP contribution in [0.3, 0.4) is 0 Å².